The molecule has 5 nitrogen and oxygen atoms in total. The van der Waals surface area contributed by atoms with Crippen LogP contribution in [0, 0.1) is 6.92 Å². The van der Waals surface area contributed by atoms with Gasteiger partial charge in [0.15, 0.2) is 5.76 Å². The van der Waals surface area contributed by atoms with Crippen LogP contribution in [-0.2, 0) is 0 Å². The van der Waals surface area contributed by atoms with Gasteiger partial charge >= 0.3 is 0 Å². The molecule has 0 radical (unpaired) electrons. The van der Waals surface area contributed by atoms with Gasteiger partial charge in [-0.25, -0.2) is 0 Å². The predicted molar refractivity (Wildman–Crippen MR) is 96.4 cm³/mol. The molecule has 6 heteroatoms. The topological polar surface area (TPSA) is 71.3 Å². The fraction of sp³-hybridized carbons (Fsp3) is 0.111. The van der Waals surface area contributed by atoms with E-state index < -0.39 is 0 Å². The molecular weight excluding hydrogens is 372 g/mol. The lowest BCUT2D eigenvalue weighted by molar-refractivity contribution is 0.0962. The highest BCUT2D eigenvalue weighted by molar-refractivity contribution is 9.10. The van der Waals surface area contributed by atoms with Crippen molar-refractivity contribution in [1.29, 1.82) is 0 Å². The van der Waals surface area contributed by atoms with Crippen LogP contribution in [0.15, 0.2) is 51.4 Å². The highest BCUT2D eigenvalue weighted by Gasteiger charge is 2.18. The molecule has 122 valence electrons. The molecule has 0 aliphatic carbocycles. The minimum atomic E-state index is -0.326. The maximum atomic E-state index is 12.5. The molecule has 1 heterocycles. The number of amides is 2. The average molecular weight is 387 g/mol. The molecule has 0 aliphatic rings. The van der Waals surface area contributed by atoms with Crippen molar-refractivity contribution in [3.8, 4) is 0 Å². The van der Waals surface area contributed by atoms with Gasteiger partial charge in [0.1, 0.15) is 5.58 Å². The Morgan fingerprint density at radius 1 is 1.04 bits per heavy atom. The van der Waals surface area contributed by atoms with Crippen LogP contribution in [0.2, 0.25) is 0 Å². The van der Waals surface area contributed by atoms with E-state index in [1.165, 1.54) is 0 Å². The normalized spacial score (nSPS) is 10.6. The van der Waals surface area contributed by atoms with Crippen LogP contribution >= 0.6 is 15.9 Å². The first-order chi connectivity index (χ1) is 11.5. The van der Waals surface area contributed by atoms with Crippen molar-refractivity contribution in [1.82, 2.24) is 5.32 Å². The lowest BCUT2D eigenvalue weighted by Crippen LogP contribution is -2.18. The SMILES string of the molecule is CNC(=O)c1ccc(NC(=O)c2oc3ccc(Br)cc3c2C)cc1. The van der Waals surface area contributed by atoms with Gasteiger partial charge in [-0.1, -0.05) is 15.9 Å². The van der Waals surface area contributed by atoms with E-state index in [1.54, 1.807) is 31.3 Å². The Bertz CT molecular complexity index is 929. The zero-order chi connectivity index (χ0) is 17.3. The van der Waals surface area contributed by atoms with Crippen LogP contribution in [0.5, 0.6) is 0 Å². The summed E-state index contributed by atoms with van der Waals surface area (Å²) in [6.45, 7) is 1.85. The maximum Gasteiger partial charge on any atom is 0.291 e. The van der Waals surface area contributed by atoms with Crippen molar-refractivity contribution >= 4 is 44.4 Å². The number of anilines is 1. The second kappa shape index (κ2) is 6.49. The van der Waals surface area contributed by atoms with Crippen molar-refractivity contribution in [2.45, 2.75) is 6.92 Å². The van der Waals surface area contributed by atoms with Gasteiger partial charge in [0.25, 0.3) is 11.8 Å². The van der Waals surface area contributed by atoms with Gasteiger partial charge in [0, 0.05) is 33.7 Å². The number of hydrogen-bond donors (Lipinski definition) is 2. The molecule has 3 rings (SSSR count). The van der Waals surface area contributed by atoms with Crippen molar-refractivity contribution < 1.29 is 14.0 Å². The number of rotatable bonds is 3. The number of fused-ring (bicyclic) bond motifs is 1. The Kier molecular flexibility index (Phi) is 4.40. The minimum absolute atomic E-state index is 0.174. The molecule has 2 amide bonds. The number of halogens is 1. The van der Waals surface area contributed by atoms with Gasteiger partial charge in [0.2, 0.25) is 0 Å². The quantitative estimate of drug-likeness (QED) is 0.711. The van der Waals surface area contributed by atoms with Crippen molar-refractivity contribution in [3.63, 3.8) is 0 Å². The first-order valence-corrected chi connectivity index (χ1v) is 8.11. The first-order valence-electron chi connectivity index (χ1n) is 7.31. The van der Waals surface area contributed by atoms with Crippen LogP contribution in [0.3, 0.4) is 0 Å². The summed E-state index contributed by atoms with van der Waals surface area (Å²) in [4.78, 5) is 24.0. The van der Waals surface area contributed by atoms with Gasteiger partial charge in [-0.2, -0.15) is 0 Å². The highest BCUT2D eigenvalue weighted by atomic mass is 79.9. The molecule has 0 unspecified atom stereocenters. The molecule has 1 aromatic heterocycles. The number of hydrogen-bond acceptors (Lipinski definition) is 3. The Balaban J connectivity index is 1.85. The molecule has 0 bridgehead atoms. The van der Waals surface area contributed by atoms with E-state index in [4.69, 9.17) is 4.42 Å². The molecule has 0 spiro atoms. The smallest absolute Gasteiger partial charge is 0.291 e. The monoisotopic (exact) mass is 386 g/mol. The fourth-order valence-electron chi connectivity index (χ4n) is 2.45. The van der Waals surface area contributed by atoms with Crippen LogP contribution < -0.4 is 10.6 Å². The van der Waals surface area contributed by atoms with E-state index in [0.717, 1.165) is 15.4 Å². The van der Waals surface area contributed by atoms with Crippen molar-refractivity contribution in [2.24, 2.45) is 0 Å². The summed E-state index contributed by atoms with van der Waals surface area (Å²) < 4.78 is 6.60. The summed E-state index contributed by atoms with van der Waals surface area (Å²) in [6, 6.07) is 12.3. The van der Waals surface area contributed by atoms with E-state index in [0.29, 0.717) is 16.8 Å². The van der Waals surface area contributed by atoms with Crippen molar-refractivity contribution in [2.75, 3.05) is 12.4 Å². The summed E-state index contributed by atoms with van der Waals surface area (Å²) in [7, 11) is 1.57. The summed E-state index contributed by atoms with van der Waals surface area (Å²) in [6.07, 6.45) is 0. The Hall–Kier alpha value is -2.60. The maximum absolute atomic E-state index is 12.5. The zero-order valence-electron chi connectivity index (χ0n) is 13.1. The van der Waals surface area contributed by atoms with Gasteiger partial charge in [-0.15, -0.1) is 0 Å². The number of aryl methyl sites for hydroxylation is 1. The second-order valence-corrected chi connectivity index (χ2v) is 6.22. The van der Waals surface area contributed by atoms with Crippen LogP contribution in [0.4, 0.5) is 5.69 Å². The standard InChI is InChI=1S/C18H15BrN2O3/c1-10-14-9-12(19)5-8-15(14)24-16(10)18(23)21-13-6-3-11(4-7-13)17(22)20-2/h3-9H,1-2H3,(H,20,22)(H,21,23). The van der Waals surface area contributed by atoms with E-state index in [1.807, 2.05) is 25.1 Å². The number of carbonyl (C=O) groups is 2. The lowest BCUT2D eigenvalue weighted by atomic mass is 10.1. The highest BCUT2D eigenvalue weighted by Crippen LogP contribution is 2.28. The molecule has 0 fully saturated rings. The summed E-state index contributed by atoms with van der Waals surface area (Å²) in [5.41, 5.74) is 2.57. The largest absolute Gasteiger partial charge is 0.451 e. The third kappa shape index (κ3) is 3.05. The third-order valence-electron chi connectivity index (χ3n) is 3.74. The minimum Gasteiger partial charge on any atom is -0.451 e. The molecule has 0 aliphatic heterocycles. The van der Waals surface area contributed by atoms with Gasteiger partial charge < -0.3 is 15.1 Å². The summed E-state index contributed by atoms with van der Waals surface area (Å²) >= 11 is 3.42. The van der Waals surface area contributed by atoms with E-state index in [9.17, 15) is 9.59 Å². The first kappa shape index (κ1) is 16.3. The number of furan rings is 1. The van der Waals surface area contributed by atoms with Crippen molar-refractivity contribution in [3.05, 3.63) is 63.8 Å². The van der Waals surface area contributed by atoms with Gasteiger partial charge in [-0.05, 0) is 49.4 Å². The van der Waals surface area contributed by atoms with Gasteiger partial charge in [0.05, 0.1) is 0 Å². The Morgan fingerprint density at radius 2 is 1.75 bits per heavy atom. The van der Waals surface area contributed by atoms with Crippen LogP contribution in [-0.4, -0.2) is 18.9 Å². The fourth-order valence-corrected chi connectivity index (χ4v) is 2.81. The molecule has 24 heavy (non-hydrogen) atoms. The van der Waals surface area contributed by atoms with E-state index >= 15 is 0 Å². The van der Waals surface area contributed by atoms with Crippen LogP contribution in [0.25, 0.3) is 11.0 Å². The van der Waals surface area contributed by atoms with E-state index in [2.05, 4.69) is 26.6 Å². The zero-order valence-corrected chi connectivity index (χ0v) is 14.7. The van der Waals surface area contributed by atoms with Gasteiger partial charge in [-0.3, -0.25) is 9.59 Å². The molecule has 2 N–H and O–H groups in total. The number of nitrogens with one attached hydrogen (secondary N) is 2. The Morgan fingerprint density at radius 3 is 2.42 bits per heavy atom. The molecule has 3 aromatic rings. The Labute approximate surface area is 147 Å². The summed E-state index contributed by atoms with van der Waals surface area (Å²) in [5.74, 6) is -0.224. The molecule has 2 aromatic carbocycles. The van der Waals surface area contributed by atoms with E-state index in [-0.39, 0.29) is 17.6 Å². The molecule has 0 saturated heterocycles. The number of carbonyl (C=O) groups excluding carboxylic acids is 2. The lowest BCUT2D eigenvalue weighted by Gasteiger charge is -2.05. The average Bonchev–Trinajstić information content (AvgIpc) is 2.91. The van der Waals surface area contributed by atoms with Crippen LogP contribution in [0.1, 0.15) is 26.5 Å². The third-order valence-corrected chi connectivity index (χ3v) is 4.23. The molecule has 0 saturated carbocycles. The number of benzene rings is 2. The summed E-state index contributed by atoms with van der Waals surface area (Å²) in [5, 5.41) is 6.22. The molecule has 0 atom stereocenters. The molecular formula is C18H15BrN2O3. The second-order valence-electron chi connectivity index (χ2n) is 5.31. The predicted octanol–water partition coefficient (Wildman–Crippen LogP) is 4.12.